The van der Waals surface area contributed by atoms with Gasteiger partial charge < -0.3 is 15.0 Å². The van der Waals surface area contributed by atoms with E-state index in [0.717, 1.165) is 35.9 Å². The second kappa shape index (κ2) is 6.50. The highest BCUT2D eigenvalue weighted by atomic mass is 35.5. The second-order valence-electron chi connectivity index (χ2n) is 6.48. The van der Waals surface area contributed by atoms with Crippen LogP contribution in [0, 0.1) is 0 Å². The molecule has 1 fully saturated rings. The molecule has 0 radical (unpaired) electrons. The van der Waals surface area contributed by atoms with E-state index in [1.165, 1.54) is 5.69 Å². The minimum absolute atomic E-state index is 0. The summed E-state index contributed by atoms with van der Waals surface area (Å²) in [6.07, 6.45) is 3.72. The quantitative estimate of drug-likeness (QED) is 0.721. The Kier molecular flexibility index (Phi) is 4.57. The van der Waals surface area contributed by atoms with Crippen LogP contribution in [0.3, 0.4) is 0 Å². The van der Waals surface area contributed by atoms with Crippen LogP contribution in [-0.2, 0) is 5.60 Å². The zero-order valence-electron chi connectivity index (χ0n) is 13.8. The Morgan fingerprint density at radius 3 is 2.67 bits per heavy atom. The van der Waals surface area contributed by atoms with Crippen LogP contribution in [0.15, 0.2) is 60.8 Å². The number of H-pyrrole nitrogens is 1. The van der Waals surface area contributed by atoms with Gasteiger partial charge in [-0.2, -0.15) is 0 Å². The summed E-state index contributed by atoms with van der Waals surface area (Å²) in [7, 11) is 0. The first kappa shape index (κ1) is 16.9. The number of rotatable bonds is 2. The van der Waals surface area contributed by atoms with Crippen LogP contribution in [0.2, 0.25) is 0 Å². The zero-order valence-corrected chi connectivity index (χ0v) is 14.6. The molecule has 1 aliphatic heterocycles. The van der Waals surface area contributed by atoms with Gasteiger partial charge in [-0.15, -0.1) is 12.4 Å². The molecule has 1 aromatic heterocycles. The number of nitrogens with zero attached hydrogens (tertiary/aromatic N) is 1. The van der Waals surface area contributed by atoms with Crippen LogP contribution in [0.25, 0.3) is 10.9 Å². The first-order chi connectivity index (χ1) is 11.2. The van der Waals surface area contributed by atoms with Gasteiger partial charge in [0.25, 0.3) is 0 Å². The Balaban J connectivity index is 0.00000169. The lowest BCUT2D eigenvalue weighted by molar-refractivity contribution is -0.00888. The Hall–Kier alpha value is -1.97. The highest BCUT2D eigenvalue weighted by Gasteiger charge is 2.42. The number of aromatic nitrogens is 1. The summed E-state index contributed by atoms with van der Waals surface area (Å²) in [6.45, 7) is 3.12. The molecule has 0 aliphatic carbocycles. The SMILES string of the molecule is CC1N(c2ccccc2)CCCC1(O)c1cccc2[nH]ccc12.Cl. The van der Waals surface area contributed by atoms with E-state index in [1.54, 1.807) is 0 Å². The van der Waals surface area contributed by atoms with Gasteiger partial charge in [-0.05, 0) is 49.6 Å². The number of aromatic amines is 1. The van der Waals surface area contributed by atoms with Crippen molar-refractivity contribution in [3.8, 4) is 0 Å². The minimum atomic E-state index is -0.838. The molecule has 0 saturated carbocycles. The number of hydrogen-bond donors (Lipinski definition) is 2. The molecule has 4 rings (SSSR count). The van der Waals surface area contributed by atoms with Gasteiger partial charge in [0.05, 0.1) is 6.04 Å². The Bertz CT molecular complexity index is 817. The molecular weight excluding hydrogens is 320 g/mol. The van der Waals surface area contributed by atoms with E-state index in [2.05, 4.69) is 59.3 Å². The van der Waals surface area contributed by atoms with Crippen LogP contribution in [0.5, 0.6) is 0 Å². The molecule has 1 aliphatic rings. The number of anilines is 1. The predicted octanol–water partition coefficient (Wildman–Crippen LogP) is 4.47. The van der Waals surface area contributed by atoms with Crippen LogP contribution in [0.4, 0.5) is 5.69 Å². The molecule has 4 heteroatoms. The van der Waals surface area contributed by atoms with Crippen LogP contribution in [-0.4, -0.2) is 22.7 Å². The number of piperidine rings is 1. The number of aliphatic hydroxyl groups is 1. The summed E-state index contributed by atoms with van der Waals surface area (Å²) < 4.78 is 0. The number of hydrogen-bond acceptors (Lipinski definition) is 2. The largest absolute Gasteiger partial charge is 0.383 e. The van der Waals surface area contributed by atoms with Crippen molar-refractivity contribution in [3.05, 3.63) is 66.4 Å². The molecule has 2 unspecified atom stereocenters. The molecule has 2 aromatic carbocycles. The maximum absolute atomic E-state index is 11.6. The minimum Gasteiger partial charge on any atom is -0.383 e. The molecule has 3 aromatic rings. The molecular formula is C20H23ClN2O. The summed E-state index contributed by atoms with van der Waals surface area (Å²) in [6, 6.07) is 18.6. The van der Waals surface area contributed by atoms with Crippen molar-refractivity contribution < 1.29 is 5.11 Å². The number of fused-ring (bicyclic) bond motifs is 1. The standard InChI is InChI=1S/C20H22N2O.ClH/c1-15-20(23,18-9-5-10-19-17(18)11-13-21-19)12-6-14-22(15)16-7-3-2-4-8-16;/h2-5,7-11,13,15,21,23H,6,12,14H2,1H3;1H. The van der Waals surface area contributed by atoms with Crippen molar-refractivity contribution >= 4 is 29.0 Å². The molecule has 0 bridgehead atoms. The summed E-state index contributed by atoms with van der Waals surface area (Å²) in [5.74, 6) is 0. The monoisotopic (exact) mass is 342 g/mol. The third kappa shape index (κ3) is 2.58. The fourth-order valence-electron chi connectivity index (χ4n) is 3.97. The summed E-state index contributed by atoms with van der Waals surface area (Å²) in [5, 5.41) is 12.7. The van der Waals surface area contributed by atoms with Gasteiger partial charge in [-0.25, -0.2) is 0 Å². The topological polar surface area (TPSA) is 39.3 Å². The van der Waals surface area contributed by atoms with Gasteiger partial charge in [0.1, 0.15) is 5.60 Å². The maximum atomic E-state index is 11.6. The molecule has 0 spiro atoms. The highest BCUT2D eigenvalue weighted by molar-refractivity contribution is 5.85. The van der Waals surface area contributed by atoms with Crippen molar-refractivity contribution in [1.82, 2.24) is 4.98 Å². The van der Waals surface area contributed by atoms with Crippen LogP contribution < -0.4 is 4.90 Å². The Morgan fingerprint density at radius 1 is 1.08 bits per heavy atom. The van der Waals surface area contributed by atoms with E-state index < -0.39 is 5.60 Å². The number of halogens is 1. The van der Waals surface area contributed by atoms with E-state index in [1.807, 2.05) is 18.3 Å². The summed E-state index contributed by atoms with van der Waals surface area (Å²) in [5.41, 5.74) is 2.46. The Morgan fingerprint density at radius 2 is 1.88 bits per heavy atom. The zero-order chi connectivity index (χ0) is 15.9. The predicted molar refractivity (Wildman–Crippen MR) is 102 cm³/mol. The van der Waals surface area contributed by atoms with Crippen molar-refractivity contribution in [3.63, 3.8) is 0 Å². The van der Waals surface area contributed by atoms with Crippen molar-refractivity contribution in [1.29, 1.82) is 0 Å². The van der Waals surface area contributed by atoms with E-state index in [0.29, 0.717) is 0 Å². The molecule has 0 amide bonds. The molecule has 2 heterocycles. The number of benzene rings is 2. The van der Waals surface area contributed by atoms with Crippen molar-refractivity contribution in [2.45, 2.75) is 31.4 Å². The van der Waals surface area contributed by atoms with Gasteiger partial charge in [0, 0.05) is 29.3 Å². The fraction of sp³-hybridized carbons (Fsp3) is 0.300. The van der Waals surface area contributed by atoms with E-state index in [4.69, 9.17) is 0 Å². The number of para-hydroxylation sites is 1. The summed E-state index contributed by atoms with van der Waals surface area (Å²) >= 11 is 0. The molecule has 126 valence electrons. The van der Waals surface area contributed by atoms with Crippen molar-refractivity contribution in [2.24, 2.45) is 0 Å². The van der Waals surface area contributed by atoms with Gasteiger partial charge in [-0.1, -0.05) is 30.3 Å². The van der Waals surface area contributed by atoms with E-state index >= 15 is 0 Å². The smallest absolute Gasteiger partial charge is 0.110 e. The second-order valence-corrected chi connectivity index (χ2v) is 6.48. The molecule has 2 N–H and O–H groups in total. The molecule has 3 nitrogen and oxygen atoms in total. The molecule has 24 heavy (non-hydrogen) atoms. The van der Waals surface area contributed by atoms with Gasteiger partial charge >= 0.3 is 0 Å². The molecule has 1 saturated heterocycles. The summed E-state index contributed by atoms with van der Waals surface area (Å²) in [4.78, 5) is 5.58. The maximum Gasteiger partial charge on any atom is 0.110 e. The average Bonchev–Trinajstić information content (AvgIpc) is 3.07. The molecule has 2 atom stereocenters. The fourth-order valence-corrected chi connectivity index (χ4v) is 3.97. The van der Waals surface area contributed by atoms with E-state index in [-0.39, 0.29) is 18.4 Å². The Labute approximate surface area is 148 Å². The van der Waals surface area contributed by atoms with E-state index in [9.17, 15) is 5.11 Å². The lowest BCUT2D eigenvalue weighted by atomic mass is 9.78. The first-order valence-electron chi connectivity index (χ1n) is 8.31. The van der Waals surface area contributed by atoms with Crippen LogP contribution in [0.1, 0.15) is 25.3 Å². The third-order valence-electron chi connectivity index (χ3n) is 5.26. The van der Waals surface area contributed by atoms with Gasteiger partial charge in [-0.3, -0.25) is 0 Å². The lowest BCUT2D eigenvalue weighted by Crippen LogP contribution is -2.53. The highest BCUT2D eigenvalue weighted by Crippen LogP contribution is 2.41. The third-order valence-corrected chi connectivity index (χ3v) is 5.26. The van der Waals surface area contributed by atoms with Crippen molar-refractivity contribution in [2.75, 3.05) is 11.4 Å². The normalized spacial score (nSPS) is 23.9. The van der Waals surface area contributed by atoms with Crippen LogP contribution >= 0.6 is 12.4 Å². The van der Waals surface area contributed by atoms with Gasteiger partial charge in [0.15, 0.2) is 0 Å². The van der Waals surface area contributed by atoms with Gasteiger partial charge in [0.2, 0.25) is 0 Å². The average molecular weight is 343 g/mol. The lowest BCUT2D eigenvalue weighted by Gasteiger charge is -2.47. The first-order valence-corrected chi connectivity index (χ1v) is 8.31. The number of nitrogens with one attached hydrogen (secondary N) is 1.